The standard InChI is InChI=1S/C24H15FNO.C16H18N.Ir/c1-15-10-13-21(26-14-15)19-9-5-8-17-18-11-12-20(25)22(24(18)27-23(17)19)16-6-3-2-4-7-16;1-16(2,3)11-13-9-10-15(17-12-13)14-7-5-4-6-8-14;/h2-8,10-14H,1H3;4-7,9-10,12H,11H2,1-3H3;/q2*-1;. The summed E-state index contributed by atoms with van der Waals surface area (Å²) in [7, 11) is 0. The minimum absolute atomic E-state index is 0. The van der Waals surface area contributed by atoms with Gasteiger partial charge in [-0.3, -0.25) is 0 Å². The first-order valence-electron chi connectivity index (χ1n) is 14.7. The number of hydrogen-bond donors (Lipinski definition) is 0. The largest absolute Gasteiger partial charge is 0.500 e. The summed E-state index contributed by atoms with van der Waals surface area (Å²) in [5, 5.41) is 1.81. The molecule has 5 heteroatoms. The Morgan fingerprint density at radius 1 is 0.711 bits per heavy atom. The SMILES string of the molecule is CC(C)(C)Cc1ccc(-c2[c-]cccc2)nc1.Cc1ccc(-c2[c-]ccc3c2oc2c(-c4ccccc4)c(F)ccc23)nc1.[Ir]. The van der Waals surface area contributed by atoms with Gasteiger partial charge in [0.1, 0.15) is 11.4 Å². The van der Waals surface area contributed by atoms with E-state index in [-0.39, 0.29) is 25.9 Å². The molecule has 3 nitrogen and oxygen atoms in total. The van der Waals surface area contributed by atoms with Crippen LogP contribution in [0.25, 0.3) is 55.6 Å². The number of aryl methyl sites for hydroxylation is 1. The van der Waals surface area contributed by atoms with Crippen LogP contribution >= 0.6 is 0 Å². The van der Waals surface area contributed by atoms with Crippen LogP contribution in [0.15, 0.2) is 120 Å². The molecule has 3 heterocycles. The summed E-state index contributed by atoms with van der Waals surface area (Å²) < 4.78 is 20.9. The minimum Gasteiger partial charge on any atom is -0.500 e. The Labute approximate surface area is 277 Å². The van der Waals surface area contributed by atoms with Crippen LogP contribution in [0.3, 0.4) is 0 Å². The van der Waals surface area contributed by atoms with Gasteiger partial charge in [0.15, 0.2) is 0 Å². The van der Waals surface area contributed by atoms with E-state index >= 15 is 0 Å². The molecule has 0 aliphatic heterocycles. The monoisotopic (exact) mass is 769 g/mol. The first-order chi connectivity index (χ1) is 21.3. The maximum absolute atomic E-state index is 14.7. The predicted molar refractivity (Wildman–Crippen MR) is 178 cm³/mol. The van der Waals surface area contributed by atoms with Crippen LogP contribution < -0.4 is 0 Å². The summed E-state index contributed by atoms with van der Waals surface area (Å²) >= 11 is 0. The van der Waals surface area contributed by atoms with E-state index in [4.69, 9.17) is 4.42 Å². The molecule has 0 bridgehead atoms. The topological polar surface area (TPSA) is 38.9 Å². The van der Waals surface area contributed by atoms with E-state index in [0.29, 0.717) is 22.1 Å². The average molecular weight is 769 g/mol. The number of benzene rings is 4. The van der Waals surface area contributed by atoms with Gasteiger partial charge >= 0.3 is 0 Å². The maximum atomic E-state index is 14.7. The van der Waals surface area contributed by atoms with Crippen molar-refractivity contribution in [1.82, 2.24) is 9.97 Å². The fourth-order valence-electron chi connectivity index (χ4n) is 5.31. The molecule has 0 fully saturated rings. The molecule has 0 unspecified atom stereocenters. The molecule has 7 aromatic rings. The van der Waals surface area contributed by atoms with Crippen molar-refractivity contribution in [3.63, 3.8) is 0 Å². The molecule has 3 aromatic heterocycles. The average Bonchev–Trinajstić information content (AvgIpc) is 3.41. The van der Waals surface area contributed by atoms with Crippen molar-refractivity contribution < 1.29 is 28.9 Å². The Morgan fingerprint density at radius 2 is 1.44 bits per heavy atom. The molecule has 0 spiro atoms. The Kier molecular flexibility index (Phi) is 9.72. The third-order valence-corrected chi connectivity index (χ3v) is 7.32. The number of pyridine rings is 2. The van der Waals surface area contributed by atoms with Crippen LogP contribution in [0.1, 0.15) is 31.9 Å². The first-order valence-corrected chi connectivity index (χ1v) is 14.7. The van der Waals surface area contributed by atoms with Crippen LogP contribution in [0, 0.1) is 30.3 Å². The van der Waals surface area contributed by atoms with Gasteiger partial charge in [-0.2, -0.15) is 0 Å². The second kappa shape index (κ2) is 13.7. The molecule has 227 valence electrons. The van der Waals surface area contributed by atoms with Crippen molar-refractivity contribution in [2.75, 3.05) is 0 Å². The third kappa shape index (κ3) is 7.28. The number of rotatable bonds is 4. The van der Waals surface area contributed by atoms with Gasteiger partial charge in [0.25, 0.3) is 0 Å². The van der Waals surface area contributed by atoms with E-state index in [1.54, 1.807) is 6.07 Å². The van der Waals surface area contributed by atoms with Gasteiger partial charge in [0, 0.05) is 37.9 Å². The van der Waals surface area contributed by atoms with Crippen LogP contribution in [0.5, 0.6) is 0 Å². The molecule has 4 aromatic carbocycles. The Balaban J connectivity index is 0.000000193. The molecule has 0 N–H and O–H groups in total. The zero-order valence-corrected chi connectivity index (χ0v) is 28.1. The van der Waals surface area contributed by atoms with Crippen LogP contribution in [0.2, 0.25) is 0 Å². The second-order valence-corrected chi connectivity index (χ2v) is 12.1. The van der Waals surface area contributed by atoms with Gasteiger partial charge in [0.05, 0.1) is 11.1 Å². The third-order valence-electron chi connectivity index (χ3n) is 7.32. The molecular weight excluding hydrogens is 736 g/mol. The number of nitrogens with zero attached hydrogens (tertiary/aromatic N) is 2. The van der Waals surface area contributed by atoms with Crippen molar-refractivity contribution in [2.24, 2.45) is 5.41 Å². The zero-order chi connectivity index (χ0) is 30.7. The van der Waals surface area contributed by atoms with Gasteiger partial charge in [-0.25, -0.2) is 4.39 Å². The van der Waals surface area contributed by atoms with Crippen molar-refractivity contribution in [2.45, 2.75) is 34.1 Å². The second-order valence-electron chi connectivity index (χ2n) is 12.1. The summed E-state index contributed by atoms with van der Waals surface area (Å²) in [5.74, 6) is -0.299. The van der Waals surface area contributed by atoms with Gasteiger partial charge in [-0.1, -0.05) is 86.3 Å². The van der Waals surface area contributed by atoms with Gasteiger partial charge in [-0.05, 0) is 59.0 Å². The van der Waals surface area contributed by atoms with Crippen LogP contribution in [-0.4, -0.2) is 9.97 Å². The fourth-order valence-corrected chi connectivity index (χ4v) is 5.31. The predicted octanol–water partition coefficient (Wildman–Crippen LogP) is 10.7. The Hall–Kier alpha value is -4.44. The summed E-state index contributed by atoms with van der Waals surface area (Å²) in [6, 6.07) is 39.1. The van der Waals surface area contributed by atoms with Crippen molar-refractivity contribution in [1.29, 1.82) is 0 Å². The summed E-state index contributed by atoms with van der Waals surface area (Å²) in [6.45, 7) is 8.72. The number of aromatic nitrogens is 2. The first kappa shape index (κ1) is 32.0. The van der Waals surface area contributed by atoms with Crippen LogP contribution in [0.4, 0.5) is 4.39 Å². The molecule has 1 radical (unpaired) electrons. The normalized spacial score (nSPS) is 11.1. The zero-order valence-electron chi connectivity index (χ0n) is 25.7. The number of fused-ring (bicyclic) bond motifs is 3. The quantitative estimate of drug-likeness (QED) is 0.167. The smallest absolute Gasteiger partial charge is 0.134 e. The van der Waals surface area contributed by atoms with Crippen molar-refractivity contribution in [3.8, 4) is 33.6 Å². The molecule has 45 heavy (non-hydrogen) atoms. The number of halogens is 1. The van der Waals surface area contributed by atoms with Crippen LogP contribution in [-0.2, 0) is 26.5 Å². The molecule has 0 aliphatic carbocycles. The van der Waals surface area contributed by atoms with E-state index in [1.165, 1.54) is 11.6 Å². The Bertz CT molecular complexity index is 2010. The fraction of sp³-hybridized carbons (Fsp3) is 0.150. The Morgan fingerprint density at radius 3 is 2.11 bits per heavy atom. The van der Waals surface area contributed by atoms with E-state index in [1.807, 2.05) is 98.2 Å². The molecule has 0 aliphatic rings. The maximum Gasteiger partial charge on any atom is 0.134 e. The summed E-state index contributed by atoms with van der Waals surface area (Å²) in [5.41, 5.74) is 8.78. The molecular formula is C40H33FIrN2O-2. The molecule has 7 rings (SSSR count). The van der Waals surface area contributed by atoms with E-state index in [0.717, 1.165) is 50.8 Å². The summed E-state index contributed by atoms with van der Waals surface area (Å²) in [4.78, 5) is 9.00. The van der Waals surface area contributed by atoms with Crippen molar-refractivity contribution in [3.05, 3.63) is 145 Å². The van der Waals surface area contributed by atoms with Crippen molar-refractivity contribution >= 4 is 21.9 Å². The minimum atomic E-state index is -0.299. The molecule has 0 saturated heterocycles. The molecule has 0 saturated carbocycles. The van der Waals surface area contributed by atoms with E-state index < -0.39 is 0 Å². The van der Waals surface area contributed by atoms with E-state index in [9.17, 15) is 4.39 Å². The van der Waals surface area contributed by atoms with Gasteiger partial charge in [-0.15, -0.1) is 54.1 Å². The van der Waals surface area contributed by atoms with Gasteiger partial charge < -0.3 is 14.4 Å². The number of hydrogen-bond acceptors (Lipinski definition) is 3. The number of furan rings is 1. The van der Waals surface area contributed by atoms with E-state index in [2.05, 4.69) is 55.0 Å². The molecule has 0 atom stereocenters. The summed E-state index contributed by atoms with van der Waals surface area (Å²) in [6.07, 6.45) is 4.85. The van der Waals surface area contributed by atoms with Gasteiger partial charge in [0.2, 0.25) is 0 Å². The molecule has 0 amide bonds.